The lowest BCUT2D eigenvalue weighted by Gasteiger charge is -2.08. The van der Waals surface area contributed by atoms with Crippen LogP contribution >= 0.6 is 11.6 Å². The van der Waals surface area contributed by atoms with Gasteiger partial charge in [0.05, 0.1) is 17.8 Å². The number of nitrogens with zero attached hydrogens (tertiary/aromatic N) is 1. The van der Waals surface area contributed by atoms with Gasteiger partial charge in [0.15, 0.2) is 5.78 Å². The van der Waals surface area contributed by atoms with Crippen molar-refractivity contribution in [3.05, 3.63) is 35.0 Å². The molecule has 0 spiro atoms. The maximum Gasteiger partial charge on any atom is 0.316 e. The molecule has 6 heteroatoms. The third kappa shape index (κ3) is 2.74. The number of ketones is 1. The molecule has 112 valence electrons. The summed E-state index contributed by atoms with van der Waals surface area (Å²) in [5, 5.41) is 1.11. The van der Waals surface area contributed by atoms with Crippen LogP contribution in [-0.4, -0.2) is 30.2 Å². The zero-order valence-corrected chi connectivity index (χ0v) is 12.8. The van der Waals surface area contributed by atoms with Crippen molar-refractivity contribution in [3.8, 4) is 0 Å². The van der Waals surface area contributed by atoms with Gasteiger partial charge in [0.25, 0.3) is 0 Å². The summed E-state index contributed by atoms with van der Waals surface area (Å²) in [7, 11) is 1.48. The standard InChI is InChI=1S/C15H16ClNO4/c1-4-21-15(19)9(2)14(18)11-8-17(20-3)13-10(11)6-5-7-12(13)16/h5-9H,4H2,1-3H3. The van der Waals surface area contributed by atoms with Gasteiger partial charge in [-0.15, -0.1) is 0 Å². The molecule has 1 aromatic heterocycles. The molecule has 0 aliphatic heterocycles. The molecule has 2 rings (SSSR count). The molecule has 0 bridgehead atoms. The summed E-state index contributed by atoms with van der Waals surface area (Å²) >= 11 is 6.15. The second kappa shape index (κ2) is 6.18. The highest BCUT2D eigenvalue weighted by Crippen LogP contribution is 2.29. The molecule has 0 saturated carbocycles. The predicted octanol–water partition coefficient (Wildman–Crippen LogP) is 2.74. The van der Waals surface area contributed by atoms with E-state index >= 15 is 0 Å². The normalized spacial score (nSPS) is 12.2. The average Bonchev–Trinajstić information content (AvgIpc) is 2.86. The third-order valence-electron chi connectivity index (χ3n) is 3.24. The van der Waals surface area contributed by atoms with Crippen LogP contribution in [0.25, 0.3) is 10.9 Å². The fourth-order valence-corrected chi connectivity index (χ4v) is 2.41. The predicted molar refractivity (Wildman–Crippen MR) is 79.6 cm³/mol. The number of esters is 1. The van der Waals surface area contributed by atoms with Gasteiger partial charge >= 0.3 is 5.97 Å². The molecule has 1 unspecified atom stereocenters. The number of halogens is 1. The molecule has 1 atom stereocenters. The van der Waals surface area contributed by atoms with E-state index in [9.17, 15) is 9.59 Å². The van der Waals surface area contributed by atoms with Crippen LogP contribution in [0.5, 0.6) is 0 Å². The lowest BCUT2D eigenvalue weighted by Crippen LogP contribution is -2.23. The summed E-state index contributed by atoms with van der Waals surface area (Å²) < 4.78 is 6.31. The number of hydrogen-bond acceptors (Lipinski definition) is 4. The fraction of sp³-hybridized carbons (Fsp3) is 0.333. The minimum absolute atomic E-state index is 0.238. The van der Waals surface area contributed by atoms with Crippen LogP contribution in [0.4, 0.5) is 0 Å². The van der Waals surface area contributed by atoms with Crippen LogP contribution in [0.1, 0.15) is 24.2 Å². The lowest BCUT2D eigenvalue weighted by atomic mass is 9.99. The van der Waals surface area contributed by atoms with E-state index in [4.69, 9.17) is 21.2 Å². The number of hydrogen-bond donors (Lipinski definition) is 0. The largest absolute Gasteiger partial charge is 0.465 e. The monoisotopic (exact) mass is 309 g/mol. The second-order valence-corrected chi connectivity index (χ2v) is 4.93. The van der Waals surface area contributed by atoms with E-state index in [1.807, 2.05) is 0 Å². The van der Waals surface area contributed by atoms with Gasteiger partial charge in [0.2, 0.25) is 0 Å². The highest BCUT2D eigenvalue weighted by Gasteiger charge is 2.27. The smallest absolute Gasteiger partial charge is 0.316 e. The summed E-state index contributed by atoms with van der Waals surface area (Å²) in [4.78, 5) is 29.4. The number of Topliss-reactive ketones (excluding diaryl/α,β-unsaturated/α-hetero) is 1. The maximum atomic E-state index is 12.5. The first-order valence-corrected chi connectivity index (χ1v) is 6.94. The van der Waals surface area contributed by atoms with Crippen LogP contribution in [-0.2, 0) is 9.53 Å². The molecular weight excluding hydrogens is 294 g/mol. The first-order chi connectivity index (χ1) is 10.0. The number of carbonyl (C=O) groups is 2. The Morgan fingerprint density at radius 3 is 2.71 bits per heavy atom. The minimum atomic E-state index is -0.875. The molecule has 1 aromatic carbocycles. The van der Waals surface area contributed by atoms with Crippen molar-refractivity contribution < 1.29 is 19.2 Å². The third-order valence-corrected chi connectivity index (χ3v) is 3.54. The van der Waals surface area contributed by atoms with E-state index in [0.717, 1.165) is 0 Å². The van der Waals surface area contributed by atoms with Crippen molar-refractivity contribution in [2.45, 2.75) is 13.8 Å². The Bertz CT molecular complexity index is 692. The van der Waals surface area contributed by atoms with Gasteiger partial charge in [-0.25, -0.2) is 0 Å². The van der Waals surface area contributed by atoms with E-state index in [1.165, 1.54) is 25.0 Å². The number of benzene rings is 1. The van der Waals surface area contributed by atoms with Crippen molar-refractivity contribution in [2.24, 2.45) is 5.92 Å². The molecule has 5 nitrogen and oxygen atoms in total. The average molecular weight is 310 g/mol. The molecule has 2 aromatic rings. The molecule has 21 heavy (non-hydrogen) atoms. The SMILES string of the molecule is CCOC(=O)C(C)C(=O)c1cn(OC)c2c(Cl)cccc12. The number of aromatic nitrogens is 1. The quantitative estimate of drug-likeness (QED) is 0.484. The van der Waals surface area contributed by atoms with Crippen molar-refractivity contribution in [1.29, 1.82) is 0 Å². The molecule has 0 aliphatic rings. The van der Waals surface area contributed by atoms with E-state index in [-0.39, 0.29) is 12.4 Å². The molecule has 1 heterocycles. The summed E-state index contributed by atoms with van der Waals surface area (Å²) in [6.45, 7) is 3.47. The van der Waals surface area contributed by atoms with E-state index < -0.39 is 11.9 Å². The molecule has 0 aliphatic carbocycles. The van der Waals surface area contributed by atoms with Crippen molar-refractivity contribution in [3.63, 3.8) is 0 Å². The minimum Gasteiger partial charge on any atom is -0.465 e. The highest BCUT2D eigenvalue weighted by molar-refractivity contribution is 6.35. The van der Waals surface area contributed by atoms with Crippen LogP contribution in [0.15, 0.2) is 24.4 Å². The maximum absolute atomic E-state index is 12.5. The zero-order chi connectivity index (χ0) is 15.6. The van der Waals surface area contributed by atoms with E-state index in [0.29, 0.717) is 21.5 Å². The Hall–Kier alpha value is -2.01. The number of fused-ring (bicyclic) bond motifs is 1. The van der Waals surface area contributed by atoms with Crippen LogP contribution in [0.2, 0.25) is 5.02 Å². The fourth-order valence-electron chi connectivity index (χ4n) is 2.16. The number of para-hydroxylation sites is 1. The van der Waals surface area contributed by atoms with Gasteiger partial charge < -0.3 is 9.57 Å². The summed E-state index contributed by atoms with van der Waals surface area (Å²) in [5.74, 6) is -1.74. The first kappa shape index (κ1) is 15.4. The van der Waals surface area contributed by atoms with E-state index in [2.05, 4.69) is 0 Å². The number of rotatable bonds is 5. The topological polar surface area (TPSA) is 57.5 Å². The van der Waals surface area contributed by atoms with Crippen LogP contribution in [0, 0.1) is 5.92 Å². The summed E-state index contributed by atoms with van der Waals surface area (Å²) in [5.41, 5.74) is 0.982. The Kier molecular flexibility index (Phi) is 4.53. The summed E-state index contributed by atoms with van der Waals surface area (Å²) in [6, 6.07) is 5.22. The highest BCUT2D eigenvalue weighted by atomic mass is 35.5. The second-order valence-electron chi connectivity index (χ2n) is 4.53. The molecule has 0 amide bonds. The van der Waals surface area contributed by atoms with Gasteiger partial charge in [0.1, 0.15) is 18.5 Å². The molecule has 0 fully saturated rings. The van der Waals surface area contributed by atoms with Gasteiger partial charge in [0, 0.05) is 10.9 Å². The molecule has 0 N–H and O–H groups in total. The first-order valence-electron chi connectivity index (χ1n) is 6.56. The van der Waals surface area contributed by atoms with Crippen molar-refractivity contribution >= 4 is 34.3 Å². The van der Waals surface area contributed by atoms with Crippen molar-refractivity contribution in [2.75, 3.05) is 13.7 Å². The Morgan fingerprint density at radius 2 is 2.10 bits per heavy atom. The Morgan fingerprint density at radius 1 is 1.38 bits per heavy atom. The van der Waals surface area contributed by atoms with Gasteiger partial charge in [-0.2, -0.15) is 4.73 Å². The molecule has 0 saturated heterocycles. The van der Waals surface area contributed by atoms with Crippen molar-refractivity contribution in [1.82, 2.24) is 4.73 Å². The zero-order valence-electron chi connectivity index (χ0n) is 12.1. The van der Waals surface area contributed by atoms with Crippen LogP contribution < -0.4 is 4.84 Å². The van der Waals surface area contributed by atoms with Gasteiger partial charge in [-0.3, -0.25) is 9.59 Å². The van der Waals surface area contributed by atoms with E-state index in [1.54, 1.807) is 25.1 Å². The lowest BCUT2D eigenvalue weighted by molar-refractivity contribution is -0.145. The Balaban J connectivity index is 2.50. The van der Waals surface area contributed by atoms with Gasteiger partial charge in [-0.1, -0.05) is 23.7 Å². The van der Waals surface area contributed by atoms with Crippen LogP contribution in [0.3, 0.4) is 0 Å². The Labute approximate surface area is 127 Å². The molecular formula is C15H16ClNO4. The van der Waals surface area contributed by atoms with Gasteiger partial charge in [-0.05, 0) is 19.9 Å². The molecule has 0 radical (unpaired) electrons. The summed E-state index contributed by atoms with van der Waals surface area (Å²) in [6.07, 6.45) is 1.54. The number of carbonyl (C=O) groups excluding carboxylic acids is 2. The number of ether oxygens (including phenoxy) is 1.